The van der Waals surface area contributed by atoms with Crippen LogP contribution >= 0.6 is 0 Å². The first-order chi connectivity index (χ1) is 9.60. The zero-order chi connectivity index (χ0) is 15.8. The first kappa shape index (κ1) is 15.7. The summed E-state index contributed by atoms with van der Waals surface area (Å²) in [6, 6.07) is 4.92. The Morgan fingerprint density at radius 1 is 1.24 bits per heavy atom. The van der Waals surface area contributed by atoms with Crippen LogP contribution in [0.2, 0.25) is 0 Å². The second kappa shape index (κ2) is 5.26. The summed E-state index contributed by atoms with van der Waals surface area (Å²) in [5.41, 5.74) is -0.183. The average Bonchev–Trinajstić information content (AvgIpc) is 2.71. The van der Waals surface area contributed by atoms with Gasteiger partial charge in [-0.2, -0.15) is 0 Å². The lowest BCUT2D eigenvalue weighted by Gasteiger charge is -2.33. The van der Waals surface area contributed by atoms with Gasteiger partial charge in [-0.05, 0) is 30.3 Å². The first-order valence-corrected chi connectivity index (χ1v) is 8.32. The minimum absolute atomic E-state index is 0.147. The van der Waals surface area contributed by atoms with E-state index in [4.69, 9.17) is 0 Å². The highest BCUT2D eigenvalue weighted by Gasteiger charge is 2.36. The van der Waals surface area contributed by atoms with Gasteiger partial charge in [-0.3, -0.25) is 4.79 Å². The average molecular weight is 311 g/mol. The van der Waals surface area contributed by atoms with Crippen LogP contribution in [0, 0.1) is 11.2 Å². The van der Waals surface area contributed by atoms with Crippen LogP contribution < -0.4 is 4.90 Å². The Bertz CT molecular complexity index is 672. The molecule has 0 radical (unpaired) electrons. The van der Waals surface area contributed by atoms with Crippen molar-refractivity contribution in [2.75, 3.05) is 10.7 Å². The number of rotatable bonds is 2. The summed E-state index contributed by atoms with van der Waals surface area (Å²) in [5.74, 6) is -0.760. The predicted octanol–water partition coefficient (Wildman–Crippen LogP) is 2.52. The number of benzene rings is 1. The summed E-state index contributed by atoms with van der Waals surface area (Å²) < 4.78 is 36.3. The standard InChI is InChI=1S/C15H18FNO3S/c1-15(2,3)14(18)17(12-6-4-11(16)5-7-12)13-8-9-21(19,20)10-13/h4-9,13H,10H2,1-3H3. The third-order valence-electron chi connectivity index (χ3n) is 3.21. The zero-order valence-corrected chi connectivity index (χ0v) is 13.0. The number of anilines is 1. The number of hydrogen-bond donors (Lipinski definition) is 0. The van der Waals surface area contributed by atoms with Gasteiger partial charge in [0, 0.05) is 16.5 Å². The van der Waals surface area contributed by atoms with Crippen molar-refractivity contribution in [2.24, 2.45) is 5.41 Å². The number of nitrogens with zero attached hydrogens (tertiary/aromatic N) is 1. The highest BCUT2D eigenvalue weighted by atomic mass is 32.2. The maximum atomic E-state index is 13.1. The van der Waals surface area contributed by atoms with E-state index >= 15 is 0 Å². The SMILES string of the molecule is CC(C)(C)C(=O)N(c1ccc(F)cc1)C1C=CS(=O)(=O)C1. The molecule has 114 valence electrons. The van der Waals surface area contributed by atoms with E-state index in [9.17, 15) is 17.6 Å². The van der Waals surface area contributed by atoms with Crippen LogP contribution in [0.1, 0.15) is 20.8 Å². The van der Waals surface area contributed by atoms with Gasteiger partial charge in [0.15, 0.2) is 9.84 Å². The molecule has 1 unspecified atom stereocenters. The van der Waals surface area contributed by atoms with Gasteiger partial charge in [-0.1, -0.05) is 20.8 Å². The molecule has 0 fully saturated rings. The molecule has 0 N–H and O–H groups in total. The second-order valence-electron chi connectivity index (χ2n) is 6.13. The van der Waals surface area contributed by atoms with E-state index in [2.05, 4.69) is 0 Å². The maximum Gasteiger partial charge on any atom is 0.232 e. The molecule has 6 heteroatoms. The number of carbonyl (C=O) groups excluding carboxylic acids is 1. The largest absolute Gasteiger partial charge is 0.304 e. The number of halogens is 1. The lowest BCUT2D eigenvalue weighted by molar-refractivity contribution is -0.126. The highest BCUT2D eigenvalue weighted by Crippen LogP contribution is 2.28. The lowest BCUT2D eigenvalue weighted by Crippen LogP contribution is -2.46. The van der Waals surface area contributed by atoms with E-state index in [0.29, 0.717) is 5.69 Å². The van der Waals surface area contributed by atoms with E-state index in [1.54, 1.807) is 20.8 Å². The Kier molecular flexibility index (Phi) is 3.93. The molecule has 21 heavy (non-hydrogen) atoms. The van der Waals surface area contributed by atoms with Crippen molar-refractivity contribution in [3.05, 3.63) is 41.6 Å². The topological polar surface area (TPSA) is 54.5 Å². The van der Waals surface area contributed by atoms with Crippen LogP contribution in [0.4, 0.5) is 10.1 Å². The Morgan fingerprint density at radius 2 is 1.81 bits per heavy atom. The molecule has 0 saturated heterocycles. The van der Waals surface area contributed by atoms with E-state index in [0.717, 1.165) is 5.41 Å². The summed E-state index contributed by atoms with van der Waals surface area (Å²) in [4.78, 5) is 14.1. The fourth-order valence-corrected chi connectivity index (χ4v) is 3.41. The van der Waals surface area contributed by atoms with Crippen LogP contribution in [0.15, 0.2) is 35.7 Å². The number of carbonyl (C=O) groups is 1. The predicted molar refractivity (Wildman–Crippen MR) is 80.1 cm³/mol. The molecule has 1 heterocycles. The normalized spacial score (nSPS) is 20.5. The van der Waals surface area contributed by atoms with Crippen LogP contribution in [-0.4, -0.2) is 26.1 Å². The Labute approximate surface area is 124 Å². The van der Waals surface area contributed by atoms with Gasteiger partial charge in [0.05, 0.1) is 11.8 Å². The molecular formula is C15H18FNO3S. The van der Waals surface area contributed by atoms with E-state index in [1.165, 1.54) is 35.2 Å². The molecule has 0 saturated carbocycles. The van der Waals surface area contributed by atoms with Gasteiger partial charge < -0.3 is 4.90 Å². The third-order valence-corrected chi connectivity index (χ3v) is 4.59. The molecule has 1 amide bonds. The third kappa shape index (κ3) is 3.50. The van der Waals surface area contributed by atoms with Gasteiger partial charge in [-0.15, -0.1) is 0 Å². The molecule has 0 spiro atoms. The molecule has 1 aromatic carbocycles. The summed E-state index contributed by atoms with van der Waals surface area (Å²) in [7, 11) is -3.28. The fourth-order valence-electron chi connectivity index (χ4n) is 2.14. The van der Waals surface area contributed by atoms with Crippen molar-refractivity contribution >= 4 is 21.4 Å². The van der Waals surface area contributed by atoms with Crippen molar-refractivity contribution in [3.63, 3.8) is 0 Å². The molecule has 2 rings (SSSR count). The lowest BCUT2D eigenvalue weighted by atomic mass is 9.93. The van der Waals surface area contributed by atoms with Gasteiger partial charge >= 0.3 is 0 Å². The summed E-state index contributed by atoms with van der Waals surface area (Å²) >= 11 is 0. The molecule has 1 aliphatic rings. The molecule has 0 bridgehead atoms. The highest BCUT2D eigenvalue weighted by molar-refractivity contribution is 7.94. The quantitative estimate of drug-likeness (QED) is 0.843. The van der Waals surface area contributed by atoms with Crippen LogP contribution in [0.25, 0.3) is 0 Å². The Morgan fingerprint density at radius 3 is 2.24 bits per heavy atom. The van der Waals surface area contributed by atoms with Crippen LogP contribution in [0.5, 0.6) is 0 Å². The van der Waals surface area contributed by atoms with Crippen LogP contribution in [0.3, 0.4) is 0 Å². The first-order valence-electron chi connectivity index (χ1n) is 6.60. The second-order valence-corrected chi connectivity index (χ2v) is 8.06. The Balaban J connectivity index is 2.43. The molecule has 0 aromatic heterocycles. The van der Waals surface area contributed by atoms with E-state index in [-0.39, 0.29) is 11.7 Å². The van der Waals surface area contributed by atoms with Crippen molar-refractivity contribution in [3.8, 4) is 0 Å². The molecule has 0 aliphatic carbocycles. The zero-order valence-electron chi connectivity index (χ0n) is 12.2. The smallest absolute Gasteiger partial charge is 0.232 e. The van der Waals surface area contributed by atoms with Crippen molar-refractivity contribution in [1.29, 1.82) is 0 Å². The summed E-state index contributed by atoms with van der Waals surface area (Å²) in [6.07, 6.45) is 1.50. The Hall–Kier alpha value is -1.69. The summed E-state index contributed by atoms with van der Waals surface area (Å²) in [5, 5.41) is 1.13. The minimum atomic E-state index is -3.28. The van der Waals surface area contributed by atoms with Gasteiger partial charge in [0.25, 0.3) is 0 Å². The molecule has 1 atom stereocenters. The van der Waals surface area contributed by atoms with Crippen molar-refractivity contribution < 1.29 is 17.6 Å². The van der Waals surface area contributed by atoms with Gasteiger partial charge in [-0.25, -0.2) is 12.8 Å². The monoisotopic (exact) mass is 311 g/mol. The van der Waals surface area contributed by atoms with Crippen LogP contribution in [-0.2, 0) is 14.6 Å². The van der Waals surface area contributed by atoms with Gasteiger partial charge in [0.2, 0.25) is 5.91 Å². The molecule has 1 aromatic rings. The minimum Gasteiger partial charge on any atom is -0.304 e. The number of sulfone groups is 1. The number of hydrogen-bond acceptors (Lipinski definition) is 3. The molecule has 4 nitrogen and oxygen atoms in total. The fraction of sp³-hybridized carbons (Fsp3) is 0.400. The molecular weight excluding hydrogens is 293 g/mol. The summed E-state index contributed by atoms with van der Waals surface area (Å²) in [6.45, 7) is 5.29. The van der Waals surface area contributed by atoms with Crippen molar-refractivity contribution in [1.82, 2.24) is 0 Å². The molecule has 1 aliphatic heterocycles. The maximum absolute atomic E-state index is 13.1. The van der Waals surface area contributed by atoms with Crippen molar-refractivity contribution in [2.45, 2.75) is 26.8 Å². The van der Waals surface area contributed by atoms with E-state index in [1.807, 2.05) is 0 Å². The van der Waals surface area contributed by atoms with E-state index < -0.39 is 27.1 Å². The van der Waals surface area contributed by atoms with Gasteiger partial charge in [0.1, 0.15) is 5.82 Å². The number of amides is 1.